The maximum atomic E-state index is 6.17. The standard InChI is InChI=1S/C19H10ClNS2/c20-12-6-7-16-13(8-12)14-9-18-15(10-17(14)22-16)21-19(23-18)11-4-2-1-3-5-11/h1-10H. The zero-order valence-corrected chi connectivity index (χ0v) is 14.3. The Hall–Kier alpha value is -1.94. The number of thiophene rings is 1. The van der Waals surface area contributed by atoms with Gasteiger partial charge >= 0.3 is 0 Å². The fourth-order valence-corrected chi connectivity index (χ4v) is 5.14. The Morgan fingerprint density at radius 2 is 1.57 bits per heavy atom. The van der Waals surface area contributed by atoms with Crippen molar-refractivity contribution >= 4 is 64.7 Å². The molecule has 0 radical (unpaired) electrons. The molecule has 0 unspecified atom stereocenters. The molecule has 0 fully saturated rings. The minimum absolute atomic E-state index is 0.784. The van der Waals surface area contributed by atoms with Crippen LogP contribution in [0, 0.1) is 0 Å². The lowest BCUT2D eigenvalue weighted by atomic mass is 10.1. The van der Waals surface area contributed by atoms with E-state index in [0.717, 1.165) is 15.5 Å². The van der Waals surface area contributed by atoms with Crippen LogP contribution in [0.3, 0.4) is 0 Å². The average Bonchev–Trinajstić information content (AvgIpc) is 3.14. The third kappa shape index (κ3) is 2.16. The molecule has 1 nitrogen and oxygen atoms in total. The summed E-state index contributed by atoms with van der Waals surface area (Å²) in [5, 5.41) is 4.35. The van der Waals surface area contributed by atoms with Gasteiger partial charge in [-0.2, -0.15) is 0 Å². The number of hydrogen-bond donors (Lipinski definition) is 0. The largest absolute Gasteiger partial charge is 0.236 e. The Labute approximate surface area is 145 Å². The molecule has 0 atom stereocenters. The highest BCUT2D eigenvalue weighted by Crippen LogP contribution is 2.40. The number of hydrogen-bond acceptors (Lipinski definition) is 3. The molecule has 0 saturated carbocycles. The summed E-state index contributed by atoms with van der Waals surface area (Å²) >= 11 is 9.71. The highest BCUT2D eigenvalue weighted by Gasteiger charge is 2.11. The molecule has 5 aromatic rings. The molecule has 110 valence electrons. The van der Waals surface area contributed by atoms with Crippen LogP contribution in [0.15, 0.2) is 60.7 Å². The van der Waals surface area contributed by atoms with Crippen LogP contribution in [0.4, 0.5) is 0 Å². The topological polar surface area (TPSA) is 12.9 Å². The third-order valence-corrected chi connectivity index (χ3v) is 6.40. The van der Waals surface area contributed by atoms with Crippen molar-refractivity contribution in [2.45, 2.75) is 0 Å². The van der Waals surface area contributed by atoms with E-state index in [0.29, 0.717) is 0 Å². The first-order valence-electron chi connectivity index (χ1n) is 7.26. The molecule has 0 N–H and O–H groups in total. The van der Waals surface area contributed by atoms with Gasteiger partial charge in [-0.3, -0.25) is 0 Å². The van der Waals surface area contributed by atoms with Gasteiger partial charge in [0, 0.05) is 30.8 Å². The lowest BCUT2D eigenvalue weighted by Gasteiger charge is -1.93. The Morgan fingerprint density at radius 1 is 0.739 bits per heavy atom. The van der Waals surface area contributed by atoms with Crippen LogP contribution < -0.4 is 0 Å². The van der Waals surface area contributed by atoms with Crippen molar-refractivity contribution in [2.24, 2.45) is 0 Å². The second-order valence-corrected chi connectivity index (χ2v) is 7.99. The van der Waals surface area contributed by atoms with Crippen LogP contribution in [0.1, 0.15) is 0 Å². The van der Waals surface area contributed by atoms with E-state index in [-0.39, 0.29) is 0 Å². The molecule has 0 amide bonds. The summed E-state index contributed by atoms with van der Waals surface area (Å²) in [6.07, 6.45) is 0. The maximum Gasteiger partial charge on any atom is 0.124 e. The van der Waals surface area contributed by atoms with Crippen molar-refractivity contribution in [3.05, 3.63) is 65.7 Å². The number of nitrogens with zero attached hydrogens (tertiary/aromatic N) is 1. The minimum atomic E-state index is 0.784. The Bertz CT molecular complexity index is 1170. The normalized spacial score (nSPS) is 11.7. The molecule has 2 aromatic heterocycles. The van der Waals surface area contributed by atoms with Gasteiger partial charge in [-0.05, 0) is 30.3 Å². The molecule has 4 heteroatoms. The Balaban J connectivity index is 1.80. The smallest absolute Gasteiger partial charge is 0.124 e. The summed E-state index contributed by atoms with van der Waals surface area (Å²) in [5.41, 5.74) is 2.24. The molecule has 0 bridgehead atoms. The van der Waals surface area contributed by atoms with Crippen molar-refractivity contribution < 1.29 is 0 Å². The molecule has 0 saturated heterocycles. The number of rotatable bonds is 1. The van der Waals surface area contributed by atoms with Gasteiger partial charge in [0.15, 0.2) is 0 Å². The van der Waals surface area contributed by atoms with Crippen molar-refractivity contribution in [3.63, 3.8) is 0 Å². The minimum Gasteiger partial charge on any atom is -0.236 e. The van der Waals surface area contributed by atoms with E-state index in [1.807, 2.05) is 12.1 Å². The zero-order valence-electron chi connectivity index (χ0n) is 11.9. The number of thiazole rings is 1. The van der Waals surface area contributed by atoms with Crippen LogP contribution >= 0.6 is 34.3 Å². The molecule has 0 spiro atoms. The predicted octanol–water partition coefficient (Wildman–Crippen LogP) is 6.98. The van der Waals surface area contributed by atoms with Gasteiger partial charge in [-0.25, -0.2) is 4.98 Å². The van der Waals surface area contributed by atoms with Crippen molar-refractivity contribution in [2.75, 3.05) is 0 Å². The number of aromatic nitrogens is 1. The van der Waals surface area contributed by atoms with E-state index in [1.165, 1.54) is 30.4 Å². The second kappa shape index (κ2) is 5.03. The first-order valence-corrected chi connectivity index (χ1v) is 9.27. The number of fused-ring (bicyclic) bond motifs is 4. The van der Waals surface area contributed by atoms with E-state index < -0.39 is 0 Å². The van der Waals surface area contributed by atoms with Crippen molar-refractivity contribution in [1.82, 2.24) is 4.98 Å². The summed E-state index contributed by atoms with van der Waals surface area (Å²) in [6, 6.07) is 20.9. The predicted molar refractivity (Wildman–Crippen MR) is 103 cm³/mol. The monoisotopic (exact) mass is 351 g/mol. The SMILES string of the molecule is Clc1ccc2sc3cc4nc(-c5ccccc5)sc4cc3c2c1. The molecular weight excluding hydrogens is 342 g/mol. The Kier molecular flexibility index (Phi) is 2.95. The molecule has 0 aliphatic rings. The van der Waals surface area contributed by atoms with Gasteiger partial charge in [-0.15, -0.1) is 22.7 Å². The lowest BCUT2D eigenvalue weighted by molar-refractivity contribution is 1.48. The summed E-state index contributed by atoms with van der Waals surface area (Å²) in [6.45, 7) is 0. The molecule has 5 rings (SSSR count). The summed E-state index contributed by atoms with van der Waals surface area (Å²) in [7, 11) is 0. The number of benzene rings is 3. The quantitative estimate of drug-likeness (QED) is 0.317. The zero-order chi connectivity index (χ0) is 15.4. The fraction of sp³-hybridized carbons (Fsp3) is 0. The van der Waals surface area contributed by atoms with E-state index >= 15 is 0 Å². The van der Waals surface area contributed by atoms with E-state index in [9.17, 15) is 0 Å². The van der Waals surface area contributed by atoms with Crippen LogP contribution in [-0.4, -0.2) is 4.98 Å². The first-order chi connectivity index (χ1) is 11.3. The fourth-order valence-electron chi connectivity index (χ4n) is 2.87. The molecule has 2 heterocycles. The first kappa shape index (κ1) is 13.5. The van der Waals surface area contributed by atoms with E-state index in [2.05, 4.69) is 48.5 Å². The Morgan fingerprint density at radius 3 is 2.43 bits per heavy atom. The van der Waals surface area contributed by atoms with Crippen molar-refractivity contribution in [3.8, 4) is 10.6 Å². The van der Waals surface area contributed by atoms with Gasteiger partial charge in [-0.1, -0.05) is 41.9 Å². The highest BCUT2D eigenvalue weighted by molar-refractivity contribution is 7.26. The molecular formula is C19H10ClNS2. The highest BCUT2D eigenvalue weighted by atomic mass is 35.5. The summed E-state index contributed by atoms with van der Waals surface area (Å²) < 4.78 is 3.75. The van der Waals surface area contributed by atoms with Gasteiger partial charge < -0.3 is 0 Å². The number of halogens is 1. The van der Waals surface area contributed by atoms with E-state index in [4.69, 9.17) is 16.6 Å². The summed E-state index contributed by atoms with van der Waals surface area (Å²) in [5.74, 6) is 0. The van der Waals surface area contributed by atoms with Gasteiger partial charge in [0.1, 0.15) is 5.01 Å². The lowest BCUT2D eigenvalue weighted by Crippen LogP contribution is -1.73. The van der Waals surface area contributed by atoms with E-state index in [1.54, 1.807) is 22.7 Å². The molecule has 23 heavy (non-hydrogen) atoms. The van der Waals surface area contributed by atoms with Gasteiger partial charge in [0.2, 0.25) is 0 Å². The summed E-state index contributed by atoms with van der Waals surface area (Å²) in [4.78, 5) is 4.82. The molecule has 3 aromatic carbocycles. The van der Waals surface area contributed by atoms with Crippen LogP contribution in [0.5, 0.6) is 0 Å². The van der Waals surface area contributed by atoms with Crippen molar-refractivity contribution in [1.29, 1.82) is 0 Å². The average molecular weight is 352 g/mol. The van der Waals surface area contributed by atoms with Crippen LogP contribution in [0.2, 0.25) is 5.02 Å². The molecule has 0 aliphatic carbocycles. The molecule has 0 aliphatic heterocycles. The maximum absolute atomic E-state index is 6.17. The van der Waals surface area contributed by atoms with Gasteiger partial charge in [0.25, 0.3) is 0 Å². The van der Waals surface area contributed by atoms with Gasteiger partial charge in [0.05, 0.1) is 10.2 Å². The third-order valence-electron chi connectivity index (χ3n) is 3.96. The second-order valence-electron chi connectivity index (χ2n) is 5.44. The van der Waals surface area contributed by atoms with Crippen LogP contribution in [-0.2, 0) is 0 Å². The van der Waals surface area contributed by atoms with Crippen LogP contribution in [0.25, 0.3) is 41.0 Å².